The van der Waals surface area contributed by atoms with Crippen LogP contribution in [-0.2, 0) is 14.3 Å². The van der Waals surface area contributed by atoms with Gasteiger partial charge in [0.1, 0.15) is 0 Å². The molecule has 1 N–H and O–H groups in total. The second kappa shape index (κ2) is 2.55. The van der Waals surface area contributed by atoms with Crippen molar-refractivity contribution in [3.05, 3.63) is 0 Å². The molecule has 0 saturated carbocycles. The van der Waals surface area contributed by atoms with Crippen LogP contribution < -0.4 is 0 Å². The fraction of sp³-hybridized carbons (Fsp3) is 0.600. The van der Waals surface area contributed by atoms with Crippen molar-refractivity contribution in [3.63, 3.8) is 0 Å². The van der Waals surface area contributed by atoms with Crippen molar-refractivity contribution < 1.29 is 24.2 Å². The van der Waals surface area contributed by atoms with E-state index < -0.39 is 18.4 Å². The van der Waals surface area contributed by atoms with Gasteiger partial charge >= 0.3 is 12.1 Å². The summed E-state index contributed by atoms with van der Waals surface area (Å²) >= 11 is 0. The molecular formula is C5H6O5. The van der Waals surface area contributed by atoms with Crippen LogP contribution in [0.1, 0.15) is 12.8 Å². The number of hydrogen-bond acceptors (Lipinski definition) is 4. The quantitative estimate of drug-likeness (QED) is 0.540. The lowest BCUT2D eigenvalue weighted by molar-refractivity contribution is -0.155. The van der Waals surface area contributed by atoms with Crippen molar-refractivity contribution in [2.45, 2.75) is 19.1 Å². The zero-order valence-corrected chi connectivity index (χ0v) is 5.07. The highest BCUT2D eigenvalue weighted by molar-refractivity contribution is 5.71. The number of ether oxygens (including phenoxy) is 2. The molecule has 56 valence electrons. The van der Waals surface area contributed by atoms with Crippen LogP contribution in [-0.4, -0.2) is 23.5 Å². The normalized spacial score (nSPS) is 24.0. The molecular weight excluding hydrogens is 140 g/mol. The molecule has 1 aliphatic heterocycles. The van der Waals surface area contributed by atoms with Crippen molar-refractivity contribution in [2.24, 2.45) is 0 Å². The standard InChI is InChI=1S/C5H6O5/c6-3-1-2-4(9-3)10-5(7)8/h4H,1-2H2,(H,7,8). The highest BCUT2D eigenvalue weighted by Gasteiger charge is 2.26. The molecule has 1 saturated heterocycles. The molecule has 0 spiro atoms. The Morgan fingerprint density at radius 2 is 2.50 bits per heavy atom. The number of esters is 1. The van der Waals surface area contributed by atoms with Crippen molar-refractivity contribution in [3.8, 4) is 0 Å². The minimum Gasteiger partial charge on any atom is -0.450 e. The molecule has 5 heteroatoms. The molecule has 1 aliphatic rings. The summed E-state index contributed by atoms with van der Waals surface area (Å²) in [6.07, 6.45) is -1.74. The number of hydrogen-bond donors (Lipinski definition) is 1. The first-order chi connectivity index (χ1) is 4.68. The van der Waals surface area contributed by atoms with E-state index in [2.05, 4.69) is 9.47 Å². The third kappa shape index (κ3) is 1.61. The summed E-state index contributed by atoms with van der Waals surface area (Å²) in [5, 5.41) is 8.05. The summed E-state index contributed by atoms with van der Waals surface area (Å²) in [6.45, 7) is 0. The first kappa shape index (κ1) is 6.85. The van der Waals surface area contributed by atoms with Gasteiger partial charge in [-0.05, 0) is 0 Å². The SMILES string of the molecule is O=C(O)OC1CCC(=O)O1. The number of rotatable bonds is 1. The van der Waals surface area contributed by atoms with Gasteiger partial charge in [0.05, 0.1) is 6.42 Å². The first-order valence-electron chi connectivity index (χ1n) is 2.77. The van der Waals surface area contributed by atoms with E-state index in [0.29, 0.717) is 6.42 Å². The van der Waals surface area contributed by atoms with Gasteiger partial charge in [0.15, 0.2) is 0 Å². The maximum Gasteiger partial charge on any atom is 0.508 e. The van der Waals surface area contributed by atoms with Crippen molar-refractivity contribution in [2.75, 3.05) is 0 Å². The van der Waals surface area contributed by atoms with Crippen LogP contribution in [0.4, 0.5) is 4.79 Å². The monoisotopic (exact) mass is 146 g/mol. The first-order valence-corrected chi connectivity index (χ1v) is 2.77. The molecule has 0 aromatic carbocycles. The van der Waals surface area contributed by atoms with Crippen LogP contribution in [0, 0.1) is 0 Å². The predicted octanol–water partition coefficient (Wildman–Crippen LogP) is 0.344. The Kier molecular flexibility index (Phi) is 1.75. The maximum atomic E-state index is 10.3. The highest BCUT2D eigenvalue weighted by atomic mass is 16.8. The molecule has 0 aromatic heterocycles. The number of carboxylic acid groups (broad SMARTS) is 1. The van der Waals surface area contributed by atoms with Gasteiger partial charge in [-0.15, -0.1) is 0 Å². The van der Waals surface area contributed by atoms with Gasteiger partial charge in [-0.2, -0.15) is 0 Å². The smallest absolute Gasteiger partial charge is 0.450 e. The fourth-order valence-corrected chi connectivity index (χ4v) is 0.696. The Morgan fingerprint density at radius 1 is 1.80 bits per heavy atom. The van der Waals surface area contributed by atoms with E-state index in [9.17, 15) is 9.59 Å². The Hall–Kier alpha value is -1.26. The molecule has 1 atom stereocenters. The van der Waals surface area contributed by atoms with Crippen LogP contribution in [0.25, 0.3) is 0 Å². The summed E-state index contributed by atoms with van der Waals surface area (Å²) < 4.78 is 8.59. The minimum absolute atomic E-state index is 0.234. The molecule has 0 bridgehead atoms. The lowest BCUT2D eigenvalue weighted by atomic mass is 10.4. The van der Waals surface area contributed by atoms with Gasteiger partial charge < -0.3 is 14.6 Å². The molecule has 1 heterocycles. The van der Waals surface area contributed by atoms with Crippen LogP contribution in [0.5, 0.6) is 0 Å². The summed E-state index contributed by atoms with van der Waals surface area (Å²) in [4.78, 5) is 20.2. The van der Waals surface area contributed by atoms with Crippen LogP contribution in [0.15, 0.2) is 0 Å². The van der Waals surface area contributed by atoms with E-state index in [1.54, 1.807) is 0 Å². The topological polar surface area (TPSA) is 72.8 Å². The third-order valence-corrected chi connectivity index (χ3v) is 1.08. The van der Waals surface area contributed by atoms with Gasteiger partial charge in [-0.1, -0.05) is 0 Å². The van der Waals surface area contributed by atoms with E-state index in [1.165, 1.54) is 0 Å². The Labute approximate surface area is 56.5 Å². The minimum atomic E-state index is -1.42. The van der Waals surface area contributed by atoms with Crippen LogP contribution in [0.2, 0.25) is 0 Å². The van der Waals surface area contributed by atoms with E-state index in [4.69, 9.17) is 5.11 Å². The zero-order valence-electron chi connectivity index (χ0n) is 5.07. The van der Waals surface area contributed by atoms with E-state index in [0.717, 1.165) is 0 Å². The summed E-state index contributed by atoms with van der Waals surface area (Å²) in [7, 11) is 0. The molecule has 0 radical (unpaired) electrons. The summed E-state index contributed by atoms with van der Waals surface area (Å²) in [5.74, 6) is -0.411. The zero-order chi connectivity index (χ0) is 7.56. The van der Waals surface area contributed by atoms with Gasteiger partial charge in [-0.25, -0.2) is 4.79 Å². The lowest BCUT2D eigenvalue weighted by Gasteiger charge is -2.05. The Morgan fingerprint density at radius 3 is 2.90 bits per heavy atom. The van der Waals surface area contributed by atoms with Crippen molar-refractivity contribution in [1.29, 1.82) is 0 Å². The molecule has 0 aromatic rings. The predicted molar refractivity (Wildman–Crippen MR) is 28.2 cm³/mol. The third-order valence-electron chi connectivity index (χ3n) is 1.08. The summed E-state index contributed by atoms with van der Waals surface area (Å²) in [6, 6.07) is 0. The largest absolute Gasteiger partial charge is 0.508 e. The summed E-state index contributed by atoms with van der Waals surface area (Å²) in [5.41, 5.74) is 0. The second-order valence-corrected chi connectivity index (χ2v) is 1.84. The molecule has 5 nitrogen and oxygen atoms in total. The number of carbonyl (C=O) groups excluding carboxylic acids is 1. The molecule has 0 amide bonds. The number of carbonyl (C=O) groups is 2. The van der Waals surface area contributed by atoms with Crippen LogP contribution in [0.3, 0.4) is 0 Å². The average molecular weight is 146 g/mol. The average Bonchev–Trinajstić information content (AvgIpc) is 2.13. The molecule has 1 unspecified atom stereocenters. The van der Waals surface area contributed by atoms with Gasteiger partial charge in [0.2, 0.25) is 0 Å². The Bertz CT molecular complexity index is 163. The van der Waals surface area contributed by atoms with Crippen molar-refractivity contribution in [1.82, 2.24) is 0 Å². The van der Waals surface area contributed by atoms with Crippen molar-refractivity contribution >= 4 is 12.1 Å². The molecule has 10 heavy (non-hydrogen) atoms. The fourth-order valence-electron chi connectivity index (χ4n) is 0.696. The van der Waals surface area contributed by atoms with E-state index in [1.807, 2.05) is 0 Å². The molecule has 0 aliphatic carbocycles. The lowest BCUT2D eigenvalue weighted by Crippen LogP contribution is -2.15. The van der Waals surface area contributed by atoms with Gasteiger partial charge in [0.25, 0.3) is 6.29 Å². The van der Waals surface area contributed by atoms with Crippen LogP contribution >= 0.6 is 0 Å². The van der Waals surface area contributed by atoms with Gasteiger partial charge in [0, 0.05) is 6.42 Å². The maximum absolute atomic E-state index is 10.3. The van der Waals surface area contributed by atoms with Gasteiger partial charge in [-0.3, -0.25) is 4.79 Å². The number of cyclic esters (lactones) is 1. The highest BCUT2D eigenvalue weighted by Crippen LogP contribution is 2.14. The molecule has 1 rings (SSSR count). The van der Waals surface area contributed by atoms with E-state index >= 15 is 0 Å². The second-order valence-electron chi connectivity index (χ2n) is 1.84. The van der Waals surface area contributed by atoms with E-state index in [-0.39, 0.29) is 6.42 Å². The molecule has 1 fully saturated rings. The Balaban J connectivity index is 2.31.